The third-order valence-corrected chi connectivity index (χ3v) is 2.72. The van der Waals surface area contributed by atoms with Crippen LogP contribution in [0.2, 0.25) is 0 Å². The second kappa shape index (κ2) is 7.17. The fraction of sp³-hybridized carbons (Fsp3) is 0.750. The molecule has 0 saturated heterocycles. The molecule has 1 unspecified atom stereocenters. The van der Waals surface area contributed by atoms with Crippen molar-refractivity contribution in [3.8, 4) is 0 Å². The van der Waals surface area contributed by atoms with Crippen molar-refractivity contribution >= 4 is 5.78 Å². The highest BCUT2D eigenvalue weighted by atomic mass is 16.5. The third-order valence-electron chi connectivity index (χ3n) is 2.72. The first-order valence-electron chi connectivity index (χ1n) is 6.08. The number of nitrogens with zero attached hydrogens (tertiary/aromatic N) is 3. The smallest absolute Gasteiger partial charge is 0.140 e. The van der Waals surface area contributed by atoms with E-state index in [0.29, 0.717) is 12.8 Å². The van der Waals surface area contributed by atoms with E-state index >= 15 is 0 Å². The third kappa shape index (κ3) is 4.65. The number of hydrogen-bond donors (Lipinski definition) is 0. The summed E-state index contributed by atoms with van der Waals surface area (Å²) in [5, 5.41) is 4.10. The van der Waals surface area contributed by atoms with Crippen LogP contribution in [0.25, 0.3) is 0 Å². The van der Waals surface area contributed by atoms with Crippen LogP contribution in [-0.4, -0.2) is 33.8 Å². The molecule has 0 aliphatic rings. The highest BCUT2D eigenvalue weighted by Gasteiger charge is 2.11. The molecule has 0 fully saturated rings. The van der Waals surface area contributed by atoms with Crippen LogP contribution in [0.3, 0.4) is 0 Å². The molecule has 1 rings (SSSR count). The Balaban J connectivity index is 2.42. The molecule has 1 aromatic heterocycles. The van der Waals surface area contributed by atoms with Gasteiger partial charge < -0.3 is 4.74 Å². The molecule has 0 aliphatic carbocycles. The zero-order chi connectivity index (χ0) is 12.7. The lowest BCUT2D eigenvalue weighted by Gasteiger charge is -2.08. The van der Waals surface area contributed by atoms with Gasteiger partial charge in [0.1, 0.15) is 17.9 Å². The second-order valence-corrected chi connectivity index (χ2v) is 4.20. The molecule has 0 N–H and O–H groups in total. The molecule has 0 aliphatic heterocycles. The van der Waals surface area contributed by atoms with Crippen molar-refractivity contribution in [2.45, 2.75) is 52.2 Å². The van der Waals surface area contributed by atoms with Gasteiger partial charge in [0.2, 0.25) is 0 Å². The van der Waals surface area contributed by atoms with Gasteiger partial charge in [0, 0.05) is 20.1 Å². The number of aryl methyl sites for hydroxylation is 1. The molecule has 1 atom stereocenters. The van der Waals surface area contributed by atoms with Crippen LogP contribution < -0.4 is 0 Å². The molecule has 5 heteroatoms. The zero-order valence-electron chi connectivity index (χ0n) is 10.8. The normalized spacial score (nSPS) is 12.6. The fourth-order valence-electron chi connectivity index (χ4n) is 1.57. The maximum absolute atomic E-state index is 11.8. The Bertz CT molecular complexity index is 349. The van der Waals surface area contributed by atoms with E-state index in [1.807, 2.05) is 6.92 Å². The van der Waals surface area contributed by atoms with Gasteiger partial charge in [-0.15, -0.1) is 0 Å². The maximum Gasteiger partial charge on any atom is 0.140 e. The van der Waals surface area contributed by atoms with Crippen molar-refractivity contribution in [2.75, 3.05) is 7.11 Å². The van der Waals surface area contributed by atoms with E-state index in [2.05, 4.69) is 17.0 Å². The minimum absolute atomic E-state index is 0.132. The van der Waals surface area contributed by atoms with Crippen LogP contribution in [-0.2, 0) is 22.5 Å². The van der Waals surface area contributed by atoms with Gasteiger partial charge in [0.25, 0.3) is 0 Å². The number of methoxy groups -OCH3 is 1. The van der Waals surface area contributed by atoms with E-state index < -0.39 is 0 Å². The lowest BCUT2D eigenvalue weighted by molar-refractivity contribution is -0.119. The van der Waals surface area contributed by atoms with E-state index in [9.17, 15) is 4.79 Å². The molecular formula is C12H21N3O2. The van der Waals surface area contributed by atoms with Gasteiger partial charge in [-0.25, -0.2) is 9.67 Å². The fourth-order valence-corrected chi connectivity index (χ4v) is 1.57. The van der Waals surface area contributed by atoms with Gasteiger partial charge in [-0.05, 0) is 19.8 Å². The number of Topliss-reactive ketones (excluding diaryl/α,β-unsaturated/α-hetero) is 1. The lowest BCUT2D eigenvalue weighted by atomic mass is 10.1. The molecule has 5 nitrogen and oxygen atoms in total. The SMILES string of the molecule is CCCn1ncnc1CC(=O)CCC(C)OC. The molecule has 0 spiro atoms. The maximum atomic E-state index is 11.8. The lowest BCUT2D eigenvalue weighted by Crippen LogP contribution is -2.13. The first-order valence-corrected chi connectivity index (χ1v) is 6.08. The largest absolute Gasteiger partial charge is 0.382 e. The number of hydrogen-bond acceptors (Lipinski definition) is 4. The van der Waals surface area contributed by atoms with Crippen molar-refractivity contribution in [1.29, 1.82) is 0 Å². The molecule has 0 saturated carbocycles. The number of ether oxygens (including phenoxy) is 1. The number of carbonyl (C=O) groups excluding carboxylic acids is 1. The highest BCUT2D eigenvalue weighted by molar-refractivity contribution is 5.80. The molecule has 0 aromatic carbocycles. The van der Waals surface area contributed by atoms with Crippen molar-refractivity contribution < 1.29 is 9.53 Å². The number of aromatic nitrogens is 3. The average Bonchev–Trinajstić information content (AvgIpc) is 2.74. The van der Waals surface area contributed by atoms with E-state index in [1.54, 1.807) is 11.8 Å². The molecular weight excluding hydrogens is 218 g/mol. The summed E-state index contributed by atoms with van der Waals surface area (Å²) < 4.78 is 6.92. The average molecular weight is 239 g/mol. The molecule has 96 valence electrons. The summed E-state index contributed by atoms with van der Waals surface area (Å²) in [7, 11) is 1.66. The van der Waals surface area contributed by atoms with Gasteiger partial charge >= 0.3 is 0 Å². The van der Waals surface area contributed by atoms with Crippen molar-refractivity contribution in [3.05, 3.63) is 12.2 Å². The number of rotatable bonds is 8. The second-order valence-electron chi connectivity index (χ2n) is 4.20. The summed E-state index contributed by atoms with van der Waals surface area (Å²) >= 11 is 0. The minimum atomic E-state index is 0.132. The molecule has 0 radical (unpaired) electrons. The van der Waals surface area contributed by atoms with Gasteiger partial charge in [0.15, 0.2) is 0 Å². The van der Waals surface area contributed by atoms with Crippen molar-refractivity contribution in [1.82, 2.24) is 14.8 Å². The van der Waals surface area contributed by atoms with Crippen LogP contribution in [0.15, 0.2) is 6.33 Å². The zero-order valence-corrected chi connectivity index (χ0v) is 10.8. The Kier molecular flexibility index (Phi) is 5.83. The van der Waals surface area contributed by atoms with Crippen LogP contribution in [0, 0.1) is 0 Å². The van der Waals surface area contributed by atoms with Gasteiger partial charge in [-0.3, -0.25) is 4.79 Å². The Morgan fingerprint density at radius 2 is 2.35 bits per heavy atom. The molecule has 17 heavy (non-hydrogen) atoms. The standard InChI is InChI=1S/C12H21N3O2/c1-4-7-15-12(13-9-14-15)8-11(16)6-5-10(2)17-3/h9-10H,4-8H2,1-3H3. The van der Waals surface area contributed by atoms with E-state index in [0.717, 1.165) is 25.2 Å². The molecule has 0 amide bonds. The first kappa shape index (κ1) is 13.8. The number of ketones is 1. The topological polar surface area (TPSA) is 57.0 Å². The Labute approximate surface area is 102 Å². The highest BCUT2D eigenvalue weighted by Crippen LogP contribution is 2.05. The Hall–Kier alpha value is -1.23. The summed E-state index contributed by atoms with van der Waals surface area (Å²) in [6.45, 7) is 4.86. The van der Waals surface area contributed by atoms with Crippen molar-refractivity contribution in [2.24, 2.45) is 0 Å². The summed E-state index contributed by atoms with van der Waals surface area (Å²) in [5.74, 6) is 0.959. The summed E-state index contributed by atoms with van der Waals surface area (Å²) in [6, 6.07) is 0. The van der Waals surface area contributed by atoms with E-state index in [4.69, 9.17) is 4.74 Å². The van der Waals surface area contributed by atoms with Crippen LogP contribution >= 0.6 is 0 Å². The molecule has 1 aromatic rings. The van der Waals surface area contributed by atoms with E-state index in [-0.39, 0.29) is 11.9 Å². The molecule has 0 bridgehead atoms. The predicted octanol–water partition coefficient (Wildman–Crippen LogP) is 1.61. The quantitative estimate of drug-likeness (QED) is 0.691. The summed E-state index contributed by atoms with van der Waals surface area (Å²) in [5.41, 5.74) is 0. The monoisotopic (exact) mass is 239 g/mol. The van der Waals surface area contributed by atoms with E-state index in [1.165, 1.54) is 6.33 Å². The predicted molar refractivity (Wildman–Crippen MR) is 64.7 cm³/mol. The van der Waals surface area contributed by atoms with Crippen molar-refractivity contribution in [3.63, 3.8) is 0 Å². The van der Waals surface area contributed by atoms with Crippen LogP contribution in [0.1, 0.15) is 38.9 Å². The first-order chi connectivity index (χ1) is 8.17. The summed E-state index contributed by atoms with van der Waals surface area (Å²) in [4.78, 5) is 15.9. The summed E-state index contributed by atoms with van der Waals surface area (Å²) in [6.07, 6.45) is 4.30. The Morgan fingerprint density at radius 1 is 1.59 bits per heavy atom. The van der Waals surface area contributed by atoms with Crippen LogP contribution in [0.4, 0.5) is 0 Å². The van der Waals surface area contributed by atoms with Gasteiger partial charge in [-0.2, -0.15) is 5.10 Å². The number of carbonyl (C=O) groups is 1. The Morgan fingerprint density at radius 3 is 3.00 bits per heavy atom. The van der Waals surface area contributed by atoms with Gasteiger partial charge in [0.05, 0.1) is 12.5 Å². The minimum Gasteiger partial charge on any atom is -0.382 e. The molecule has 1 heterocycles. The van der Waals surface area contributed by atoms with Crippen LogP contribution in [0.5, 0.6) is 0 Å². The van der Waals surface area contributed by atoms with Gasteiger partial charge in [-0.1, -0.05) is 6.92 Å².